The molecule has 2 rings (SSSR count). The van der Waals surface area contributed by atoms with E-state index < -0.39 is 17.8 Å². The Kier molecular flexibility index (Phi) is 2.25. The summed E-state index contributed by atoms with van der Waals surface area (Å²) in [4.78, 5) is 34.6. The lowest BCUT2D eigenvalue weighted by Gasteiger charge is -2.19. The first-order chi connectivity index (χ1) is 7.08. The highest BCUT2D eigenvalue weighted by Crippen LogP contribution is 2.50. The first-order valence-corrected chi connectivity index (χ1v) is 5.25. The monoisotopic (exact) mass is 210 g/mol. The summed E-state index contributed by atoms with van der Waals surface area (Å²) in [5.41, 5.74) is 0.104. The highest BCUT2D eigenvalue weighted by atomic mass is 16.2. The molecule has 0 bridgehead atoms. The van der Waals surface area contributed by atoms with Crippen LogP contribution < -0.4 is 5.32 Å². The van der Waals surface area contributed by atoms with E-state index in [2.05, 4.69) is 6.92 Å². The Bertz CT molecular complexity index is 334. The summed E-state index contributed by atoms with van der Waals surface area (Å²) in [5.74, 6) is -1.50. The lowest BCUT2D eigenvalue weighted by atomic mass is 10.0. The molecule has 0 spiro atoms. The third-order valence-corrected chi connectivity index (χ3v) is 3.14. The van der Waals surface area contributed by atoms with Crippen molar-refractivity contribution in [1.29, 1.82) is 0 Å². The zero-order valence-electron chi connectivity index (χ0n) is 8.71. The molecule has 1 aliphatic carbocycles. The molecule has 5 nitrogen and oxygen atoms in total. The minimum absolute atomic E-state index is 0.104. The molecule has 1 aliphatic heterocycles. The average molecular weight is 210 g/mol. The lowest BCUT2D eigenvalue weighted by molar-refractivity contribution is -0.140. The van der Waals surface area contributed by atoms with Crippen molar-refractivity contribution >= 4 is 17.8 Å². The van der Waals surface area contributed by atoms with Crippen LogP contribution in [0.5, 0.6) is 0 Å². The van der Waals surface area contributed by atoms with Gasteiger partial charge >= 0.3 is 17.8 Å². The molecule has 0 aromatic carbocycles. The number of nitrogens with one attached hydrogen (secondary N) is 1. The maximum Gasteiger partial charge on any atom is 0.331 e. The van der Waals surface area contributed by atoms with Gasteiger partial charge in [0.15, 0.2) is 0 Å². The minimum Gasteiger partial charge on any atom is -0.269 e. The van der Waals surface area contributed by atoms with Crippen LogP contribution in [0.25, 0.3) is 0 Å². The molecular weight excluding hydrogens is 196 g/mol. The second-order valence-electron chi connectivity index (χ2n) is 4.40. The van der Waals surface area contributed by atoms with Crippen molar-refractivity contribution in [2.45, 2.75) is 32.6 Å². The molecule has 2 fully saturated rings. The zero-order chi connectivity index (χ0) is 11.1. The Hall–Kier alpha value is -1.39. The molecule has 0 unspecified atom stereocenters. The second kappa shape index (κ2) is 3.32. The number of nitrogens with zero attached hydrogens (tertiary/aromatic N) is 1. The van der Waals surface area contributed by atoms with Gasteiger partial charge in [-0.15, -0.1) is 0 Å². The predicted molar refractivity (Wildman–Crippen MR) is 51.8 cm³/mol. The Morgan fingerprint density at radius 1 is 1.33 bits per heavy atom. The van der Waals surface area contributed by atoms with Gasteiger partial charge in [-0.25, -0.2) is 4.79 Å². The van der Waals surface area contributed by atoms with Crippen LogP contribution in [0.3, 0.4) is 0 Å². The van der Waals surface area contributed by atoms with Crippen LogP contribution >= 0.6 is 0 Å². The van der Waals surface area contributed by atoms with E-state index in [0.717, 1.165) is 30.6 Å². The van der Waals surface area contributed by atoms with E-state index in [4.69, 9.17) is 0 Å². The van der Waals surface area contributed by atoms with Gasteiger partial charge in [-0.05, 0) is 24.7 Å². The fourth-order valence-corrected chi connectivity index (χ4v) is 2.11. The van der Waals surface area contributed by atoms with Crippen LogP contribution in [0.4, 0.5) is 4.79 Å². The quantitative estimate of drug-likeness (QED) is 0.547. The molecule has 1 N–H and O–H groups in total. The summed E-state index contributed by atoms with van der Waals surface area (Å²) in [6, 6.07) is -0.563. The Labute approximate surface area is 87.8 Å². The molecular formula is C10H14N2O3. The van der Waals surface area contributed by atoms with Crippen LogP contribution in [0.15, 0.2) is 0 Å². The van der Waals surface area contributed by atoms with E-state index in [1.165, 1.54) is 0 Å². The van der Waals surface area contributed by atoms with Gasteiger partial charge in [0.2, 0.25) is 0 Å². The van der Waals surface area contributed by atoms with E-state index in [1.807, 2.05) is 5.32 Å². The smallest absolute Gasteiger partial charge is 0.269 e. The maximum absolute atomic E-state index is 11.3. The molecule has 4 amide bonds. The van der Waals surface area contributed by atoms with Gasteiger partial charge in [-0.3, -0.25) is 19.8 Å². The number of carbonyl (C=O) groups excluding carboxylic acids is 3. The van der Waals surface area contributed by atoms with E-state index >= 15 is 0 Å². The molecule has 1 saturated heterocycles. The maximum atomic E-state index is 11.3. The highest BCUT2D eigenvalue weighted by molar-refractivity contribution is 6.44. The SMILES string of the molecule is CCCC1(CN2C(=O)NC(=O)C2=O)CC1. The van der Waals surface area contributed by atoms with Gasteiger partial charge in [0.1, 0.15) is 0 Å². The first-order valence-electron chi connectivity index (χ1n) is 5.25. The van der Waals surface area contributed by atoms with E-state index in [1.54, 1.807) is 0 Å². The van der Waals surface area contributed by atoms with Crippen molar-refractivity contribution in [3.8, 4) is 0 Å². The summed E-state index contributed by atoms with van der Waals surface area (Å²) in [6.45, 7) is 2.48. The Morgan fingerprint density at radius 2 is 2.00 bits per heavy atom. The van der Waals surface area contributed by atoms with Gasteiger partial charge in [-0.2, -0.15) is 0 Å². The summed E-state index contributed by atoms with van der Waals surface area (Å²) < 4.78 is 0. The van der Waals surface area contributed by atoms with Crippen LogP contribution in [0.1, 0.15) is 32.6 Å². The fourth-order valence-electron chi connectivity index (χ4n) is 2.11. The predicted octanol–water partition coefficient (Wildman–Crippen LogP) is 0.645. The molecule has 0 aromatic rings. The van der Waals surface area contributed by atoms with Crippen molar-refractivity contribution in [3.05, 3.63) is 0 Å². The zero-order valence-corrected chi connectivity index (χ0v) is 8.71. The molecule has 0 aromatic heterocycles. The second-order valence-corrected chi connectivity index (χ2v) is 4.40. The summed E-state index contributed by atoms with van der Waals surface area (Å²) in [7, 11) is 0. The number of rotatable bonds is 4. The van der Waals surface area contributed by atoms with Crippen LogP contribution in [-0.2, 0) is 9.59 Å². The highest BCUT2D eigenvalue weighted by Gasteiger charge is 2.48. The lowest BCUT2D eigenvalue weighted by Crippen LogP contribution is -2.36. The number of imide groups is 2. The molecule has 2 aliphatic rings. The summed E-state index contributed by atoms with van der Waals surface area (Å²) >= 11 is 0. The molecule has 5 heteroatoms. The van der Waals surface area contributed by atoms with Crippen molar-refractivity contribution in [2.75, 3.05) is 6.54 Å². The molecule has 15 heavy (non-hydrogen) atoms. The van der Waals surface area contributed by atoms with Crippen molar-refractivity contribution < 1.29 is 14.4 Å². The third-order valence-electron chi connectivity index (χ3n) is 3.14. The van der Waals surface area contributed by atoms with E-state index in [0.29, 0.717) is 6.54 Å². The van der Waals surface area contributed by atoms with Crippen LogP contribution in [-0.4, -0.2) is 29.3 Å². The van der Waals surface area contributed by atoms with E-state index in [9.17, 15) is 14.4 Å². The topological polar surface area (TPSA) is 66.5 Å². The van der Waals surface area contributed by atoms with Crippen molar-refractivity contribution in [3.63, 3.8) is 0 Å². The largest absolute Gasteiger partial charge is 0.331 e. The summed E-state index contributed by atoms with van der Waals surface area (Å²) in [6.07, 6.45) is 4.15. The molecule has 1 heterocycles. The van der Waals surface area contributed by atoms with Gasteiger partial charge in [0.05, 0.1) is 0 Å². The summed E-state index contributed by atoms with van der Waals surface area (Å²) in [5, 5.41) is 2.01. The van der Waals surface area contributed by atoms with Gasteiger partial charge in [0.25, 0.3) is 0 Å². The number of urea groups is 1. The van der Waals surface area contributed by atoms with Crippen LogP contribution in [0.2, 0.25) is 0 Å². The number of hydrogen-bond acceptors (Lipinski definition) is 3. The van der Waals surface area contributed by atoms with Gasteiger partial charge < -0.3 is 0 Å². The number of amides is 4. The van der Waals surface area contributed by atoms with Gasteiger partial charge in [-0.1, -0.05) is 13.3 Å². The van der Waals surface area contributed by atoms with Gasteiger partial charge in [0, 0.05) is 6.54 Å². The van der Waals surface area contributed by atoms with Crippen molar-refractivity contribution in [1.82, 2.24) is 10.2 Å². The molecule has 0 atom stereocenters. The molecule has 82 valence electrons. The molecule has 1 saturated carbocycles. The van der Waals surface area contributed by atoms with Crippen molar-refractivity contribution in [2.24, 2.45) is 5.41 Å². The normalized spacial score (nSPS) is 23.3. The minimum atomic E-state index is -0.799. The van der Waals surface area contributed by atoms with Crippen LogP contribution in [0, 0.1) is 5.41 Å². The van der Waals surface area contributed by atoms with E-state index in [-0.39, 0.29) is 5.41 Å². The molecule has 0 radical (unpaired) electrons. The third kappa shape index (κ3) is 1.73. The number of carbonyl (C=O) groups is 3. The Balaban J connectivity index is 2.03. The average Bonchev–Trinajstić information content (AvgIpc) is 2.89. The Morgan fingerprint density at radius 3 is 2.40 bits per heavy atom. The first kappa shape index (κ1) is 10.1. The fraction of sp³-hybridized carbons (Fsp3) is 0.700. The number of hydrogen-bond donors (Lipinski definition) is 1. The standard InChI is InChI=1S/C10H14N2O3/c1-2-3-10(4-5-10)6-12-8(14)7(13)11-9(12)15/h2-6H2,1H3,(H,11,13,15).